The van der Waals surface area contributed by atoms with Crippen molar-refractivity contribution in [2.24, 2.45) is 23.7 Å². The fourth-order valence-electron chi connectivity index (χ4n) is 6.04. The highest BCUT2D eigenvalue weighted by atomic mass is 32.1. The Kier molecular flexibility index (Phi) is 18.5. The second-order valence-electron chi connectivity index (χ2n) is 15.1. The van der Waals surface area contributed by atoms with E-state index in [4.69, 9.17) is 0 Å². The largest absolute Gasteiger partial charge is 0.481 e. The van der Waals surface area contributed by atoms with Gasteiger partial charge >= 0.3 is 11.9 Å². The monoisotopic (exact) mass is 851 g/mol. The van der Waals surface area contributed by atoms with E-state index in [1.54, 1.807) is 46.8 Å². The number of carbonyl (C=O) groups excluding carboxylic acids is 7. The third-order valence-corrected chi connectivity index (χ3v) is 12.2. The third kappa shape index (κ3) is 14.8. The van der Waals surface area contributed by atoms with Crippen molar-refractivity contribution >= 4 is 75.5 Å². The molecule has 318 valence electrons. The molecule has 0 aliphatic carbocycles. The highest BCUT2D eigenvalue weighted by Gasteiger charge is 2.33. The number of carboxylic acids is 2. The highest BCUT2D eigenvalue weighted by Crippen LogP contribution is 2.33. The number of hydrogen-bond acceptors (Lipinski definition) is 11. The summed E-state index contributed by atoms with van der Waals surface area (Å²) in [6.45, 7) is 9.90. The second-order valence-corrected chi connectivity index (χ2v) is 17.2. The van der Waals surface area contributed by atoms with E-state index in [0.29, 0.717) is 16.2 Å². The zero-order chi connectivity index (χ0) is 44.0. The van der Waals surface area contributed by atoms with Gasteiger partial charge in [-0.3, -0.25) is 43.2 Å². The Balaban J connectivity index is 1.54. The van der Waals surface area contributed by atoms with Gasteiger partial charge in [0.1, 0.15) is 0 Å². The zero-order valence-electron chi connectivity index (χ0n) is 34.1. The van der Waals surface area contributed by atoms with Crippen LogP contribution < -0.4 is 16.0 Å². The van der Waals surface area contributed by atoms with Crippen LogP contribution in [-0.2, 0) is 33.6 Å². The number of carboxylic acid groups (broad SMARTS) is 2. The number of Topliss-reactive ketones (excluding diaryl/α,β-unsaturated/α-hetero) is 4. The first-order chi connectivity index (χ1) is 27.8. The maximum atomic E-state index is 13.4. The summed E-state index contributed by atoms with van der Waals surface area (Å²) in [5.41, 5.74) is 1.78. The van der Waals surface area contributed by atoms with Crippen LogP contribution in [0.2, 0.25) is 0 Å². The number of hydrogen-bond donors (Lipinski definition) is 5. The zero-order valence-corrected chi connectivity index (χ0v) is 35.8. The molecule has 14 nitrogen and oxygen atoms in total. The molecule has 4 atom stereocenters. The first-order valence-corrected chi connectivity index (χ1v) is 21.2. The van der Waals surface area contributed by atoms with E-state index in [-0.39, 0.29) is 61.5 Å². The van der Waals surface area contributed by atoms with Crippen LogP contribution in [0.4, 0.5) is 0 Å². The van der Waals surface area contributed by atoms with Crippen LogP contribution in [0.15, 0.2) is 48.5 Å². The molecular formula is C43H53N3O11S2. The van der Waals surface area contributed by atoms with E-state index < -0.39 is 72.1 Å². The van der Waals surface area contributed by atoms with Gasteiger partial charge in [-0.05, 0) is 60.6 Å². The van der Waals surface area contributed by atoms with Gasteiger partial charge in [-0.15, -0.1) is 22.7 Å². The normalized spacial score (nSPS) is 13.2. The summed E-state index contributed by atoms with van der Waals surface area (Å²) in [7, 11) is 0. The number of aliphatic carboxylic acids is 2. The van der Waals surface area contributed by atoms with E-state index in [9.17, 15) is 53.4 Å². The summed E-state index contributed by atoms with van der Waals surface area (Å²) < 4.78 is 0. The van der Waals surface area contributed by atoms with Crippen molar-refractivity contribution in [3.63, 3.8) is 0 Å². The predicted octanol–water partition coefficient (Wildman–Crippen LogP) is 6.22. The van der Waals surface area contributed by atoms with Crippen molar-refractivity contribution in [3.8, 4) is 20.9 Å². The van der Waals surface area contributed by atoms with Gasteiger partial charge in [0.2, 0.25) is 11.8 Å². The van der Waals surface area contributed by atoms with E-state index in [1.807, 2.05) is 36.4 Å². The molecule has 0 spiro atoms. The Bertz CT molecular complexity index is 2020. The van der Waals surface area contributed by atoms with Crippen LogP contribution in [0.1, 0.15) is 106 Å². The van der Waals surface area contributed by atoms with Crippen LogP contribution in [0.25, 0.3) is 20.9 Å². The van der Waals surface area contributed by atoms with Gasteiger partial charge < -0.3 is 26.2 Å². The predicted molar refractivity (Wildman–Crippen MR) is 224 cm³/mol. The van der Waals surface area contributed by atoms with Crippen molar-refractivity contribution in [1.82, 2.24) is 16.0 Å². The lowest BCUT2D eigenvalue weighted by Crippen LogP contribution is -2.47. The molecule has 0 unspecified atom stereocenters. The Labute approximate surface area is 351 Å². The average Bonchev–Trinajstić information content (AvgIpc) is 3.89. The van der Waals surface area contributed by atoms with Gasteiger partial charge in [0.05, 0.1) is 34.3 Å². The number of rotatable bonds is 25. The Morgan fingerprint density at radius 2 is 1.19 bits per heavy atom. The van der Waals surface area contributed by atoms with Crippen LogP contribution in [0.3, 0.4) is 0 Å². The first kappa shape index (κ1) is 48.0. The molecule has 0 saturated heterocycles. The molecule has 16 heteroatoms. The standard InChI is InChI=1S/C43H53N3O11S2/c1-7-28(47)22-44-42(55)38-17-15-36(59-38)27-10-8-26(9-11-27)35-14-16-37(58-35)32(48)13-18-39(51)45-25(6)33(49)20-29(23(2)3)41(54)46-31(12-19-40(52)53)34(50)21-30(24(4)5)43(56)57/h8-11,14-17,23-25,29-31H,7,12-13,18-22H2,1-6H3,(H,44,55)(H,45,51)(H,46,54)(H,52,53)(H,56,57)/t25-,29-,30-,31-/m0/s1. The summed E-state index contributed by atoms with van der Waals surface area (Å²) in [5.74, 6) is -7.97. The quantitative estimate of drug-likeness (QED) is 0.0601. The third-order valence-electron chi connectivity index (χ3n) is 9.90. The number of thiophene rings is 2. The molecule has 3 amide bonds. The smallest absolute Gasteiger partial charge is 0.307 e. The topological polar surface area (TPSA) is 230 Å². The van der Waals surface area contributed by atoms with E-state index >= 15 is 0 Å². The lowest BCUT2D eigenvalue weighted by atomic mass is 9.86. The van der Waals surface area contributed by atoms with Crippen LogP contribution in [-0.4, -0.2) is 81.6 Å². The van der Waals surface area contributed by atoms with Crippen molar-refractivity contribution in [3.05, 3.63) is 58.3 Å². The van der Waals surface area contributed by atoms with Crippen molar-refractivity contribution in [1.29, 1.82) is 0 Å². The summed E-state index contributed by atoms with van der Waals surface area (Å²) in [4.78, 5) is 115. The van der Waals surface area contributed by atoms with Gasteiger partial charge in [0.25, 0.3) is 5.91 Å². The van der Waals surface area contributed by atoms with Crippen LogP contribution in [0, 0.1) is 23.7 Å². The van der Waals surface area contributed by atoms with Crippen molar-refractivity contribution in [2.45, 2.75) is 98.6 Å². The SMILES string of the molecule is CCC(=O)CNC(=O)c1ccc(-c2ccc(-c3ccc(C(=O)CCC(=O)N[C@@H](C)C(=O)C[C@H](C(=O)N[C@@H](CCC(=O)O)C(=O)C[C@H](C(=O)O)C(C)C)C(C)C)s3)cc2)s1. The van der Waals surface area contributed by atoms with Crippen molar-refractivity contribution < 1.29 is 53.4 Å². The molecule has 0 saturated carbocycles. The number of nitrogens with one attached hydrogen (secondary N) is 3. The molecule has 2 heterocycles. The average molecular weight is 852 g/mol. The number of ketones is 4. The molecule has 3 aromatic rings. The molecule has 3 rings (SSSR count). The van der Waals surface area contributed by atoms with E-state index in [0.717, 1.165) is 20.9 Å². The highest BCUT2D eigenvalue weighted by molar-refractivity contribution is 7.17. The maximum Gasteiger partial charge on any atom is 0.307 e. The van der Waals surface area contributed by atoms with E-state index in [1.165, 1.54) is 29.6 Å². The van der Waals surface area contributed by atoms with Gasteiger partial charge in [0, 0.05) is 54.2 Å². The molecule has 1 aromatic carbocycles. The first-order valence-electron chi connectivity index (χ1n) is 19.5. The molecular weight excluding hydrogens is 799 g/mol. The Morgan fingerprint density at radius 3 is 1.71 bits per heavy atom. The molecule has 59 heavy (non-hydrogen) atoms. The Morgan fingerprint density at radius 1 is 0.644 bits per heavy atom. The molecule has 0 aliphatic rings. The number of benzene rings is 1. The lowest BCUT2D eigenvalue weighted by Gasteiger charge is -2.26. The number of carbonyl (C=O) groups is 9. The van der Waals surface area contributed by atoms with Crippen LogP contribution >= 0.6 is 22.7 Å². The molecule has 0 aliphatic heterocycles. The lowest BCUT2D eigenvalue weighted by molar-refractivity contribution is -0.146. The summed E-state index contributed by atoms with van der Waals surface area (Å²) in [6.07, 6.45) is -1.31. The van der Waals surface area contributed by atoms with Crippen molar-refractivity contribution in [2.75, 3.05) is 6.54 Å². The molecule has 2 aromatic heterocycles. The van der Waals surface area contributed by atoms with E-state index in [2.05, 4.69) is 16.0 Å². The molecule has 0 fully saturated rings. The molecule has 0 bridgehead atoms. The van der Waals surface area contributed by atoms with Crippen LogP contribution in [0.5, 0.6) is 0 Å². The fraction of sp³-hybridized carbons (Fsp3) is 0.465. The minimum absolute atomic E-state index is 0.00664. The molecule has 0 radical (unpaired) electrons. The summed E-state index contributed by atoms with van der Waals surface area (Å²) in [5, 5.41) is 26.5. The maximum absolute atomic E-state index is 13.4. The summed E-state index contributed by atoms with van der Waals surface area (Å²) >= 11 is 2.60. The van der Waals surface area contributed by atoms with Gasteiger partial charge in [-0.2, -0.15) is 0 Å². The minimum atomic E-state index is -1.26. The van der Waals surface area contributed by atoms with Gasteiger partial charge in [-0.1, -0.05) is 58.9 Å². The fourth-order valence-corrected chi connectivity index (χ4v) is 7.95. The summed E-state index contributed by atoms with van der Waals surface area (Å²) in [6, 6.07) is 12.5. The van der Waals surface area contributed by atoms with Gasteiger partial charge in [-0.25, -0.2) is 0 Å². The molecule has 5 N–H and O–H groups in total. The Hall–Kier alpha value is -5.35. The number of amides is 3. The van der Waals surface area contributed by atoms with Gasteiger partial charge in [0.15, 0.2) is 23.1 Å². The second kappa shape index (κ2) is 22.7. The minimum Gasteiger partial charge on any atom is -0.481 e.